The first-order valence-corrected chi connectivity index (χ1v) is 9.65. The van der Waals surface area contributed by atoms with Crippen molar-refractivity contribution in [3.63, 3.8) is 0 Å². The average molecular weight is 453 g/mol. The minimum Gasteiger partial charge on any atom is -0.461 e. The van der Waals surface area contributed by atoms with E-state index in [0.717, 1.165) is 22.8 Å². The molecule has 2 aromatic carbocycles. The highest BCUT2D eigenvalue weighted by Gasteiger charge is 2.62. The van der Waals surface area contributed by atoms with Gasteiger partial charge in [-0.1, -0.05) is 68.5 Å². The highest BCUT2D eigenvalue weighted by atomic mass is 79.9. The fourth-order valence-corrected chi connectivity index (χ4v) is 3.69. The van der Waals surface area contributed by atoms with E-state index >= 15 is 0 Å². The van der Waals surface area contributed by atoms with Crippen LogP contribution in [0.3, 0.4) is 0 Å². The smallest absolute Gasteiger partial charge is 0.422 e. The molecule has 0 aliphatic heterocycles. The molecule has 0 bridgehead atoms. The van der Waals surface area contributed by atoms with Gasteiger partial charge in [-0.15, -0.1) is 0 Å². The van der Waals surface area contributed by atoms with Gasteiger partial charge in [0.15, 0.2) is 0 Å². The number of allylic oxidation sites excluding steroid dienone is 2. The Labute approximate surface area is 170 Å². The normalized spacial score (nSPS) is 21.3. The molecule has 2 nitrogen and oxygen atoms in total. The Balaban J connectivity index is 1.65. The first-order valence-electron chi connectivity index (χ1n) is 8.86. The van der Waals surface area contributed by atoms with Crippen LogP contribution in [0.4, 0.5) is 13.2 Å². The van der Waals surface area contributed by atoms with E-state index in [-0.39, 0.29) is 6.61 Å². The van der Waals surface area contributed by atoms with Crippen molar-refractivity contribution in [3.05, 3.63) is 70.7 Å². The van der Waals surface area contributed by atoms with Gasteiger partial charge in [-0.05, 0) is 50.0 Å². The topological polar surface area (TPSA) is 26.3 Å². The van der Waals surface area contributed by atoms with Crippen molar-refractivity contribution < 1.29 is 22.7 Å². The lowest BCUT2D eigenvalue weighted by Gasteiger charge is -2.08. The van der Waals surface area contributed by atoms with Crippen LogP contribution in [0, 0.1) is 17.3 Å². The average Bonchev–Trinajstić information content (AvgIpc) is 3.20. The molecule has 6 heteroatoms. The van der Waals surface area contributed by atoms with Gasteiger partial charge in [0.2, 0.25) is 0 Å². The standard InChI is InChI=1S/C22H20BrF3O2/c1-21(2)17(12-18(23)22(24,25)26)19(21)20(27)28-13-14-7-6-10-16(11-14)15-8-4-3-5-9-15/h3-12,17,19H,13H2,1-2H3/t17-,19-/m1/s1. The van der Waals surface area contributed by atoms with Crippen molar-refractivity contribution in [2.45, 2.75) is 26.6 Å². The number of hydrogen-bond donors (Lipinski definition) is 0. The van der Waals surface area contributed by atoms with Crippen LogP contribution in [0.5, 0.6) is 0 Å². The molecule has 148 valence electrons. The van der Waals surface area contributed by atoms with Gasteiger partial charge in [0.05, 0.1) is 10.4 Å². The monoisotopic (exact) mass is 452 g/mol. The number of alkyl halides is 3. The maximum absolute atomic E-state index is 12.7. The Bertz CT molecular complexity index is 888. The molecule has 0 amide bonds. The number of hydrogen-bond acceptors (Lipinski definition) is 2. The molecule has 1 aliphatic carbocycles. The third kappa shape index (κ3) is 4.49. The third-order valence-electron chi connectivity index (χ3n) is 5.18. The van der Waals surface area contributed by atoms with E-state index < -0.39 is 33.9 Å². The number of carbonyl (C=O) groups is 1. The van der Waals surface area contributed by atoms with Crippen molar-refractivity contribution in [3.8, 4) is 11.1 Å². The summed E-state index contributed by atoms with van der Waals surface area (Å²) in [7, 11) is 0. The molecule has 3 rings (SSSR count). The zero-order valence-electron chi connectivity index (χ0n) is 15.5. The van der Waals surface area contributed by atoms with Gasteiger partial charge in [-0.25, -0.2) is 0 Å². The summed E-state index contributed by atoms with van der Waals surface area (Å²) in [6.45, 7) is 3.63. The lowest BCUT2D eigenvalue weighted by atomic mass is 10.0. The summed E-state index contributed by atoms with van der Waals surface area (Å²) in [6.07, 6.45) is -3.38. The summed E-state index contributed by atoms with van der Waals surface area (Å²) in [5.74, 6) is -1.56. The second-order valence-corrected chi connectivity index (χ2v) is 8.37. The van der Waals surface area contributed by atoms with Crippen LogP contribution in [0.15, 0.2) is 65.2 Å². The molecular weight excluding hydrogens is 433 g/mol. The van der Waals surface area contributed by atoms with Crippen LogP contribution in [0.2, 0.25) is 0 Å². The first-order chi connectivity index (χ1) is 13.1. The van der Waals surface area contributed by atoms with Crippen molar-refractivity contribution in [1.29, 1.82) is 0 Å². The Hall–Kier alpha value is -2.08. The third-order valence-corrected chi connectivity index (χ3v) is 5.89. The van der Waals surface area contributed by atoms with E-state index in [1.54, 1.807) is 13.8 Å². The number of carbonyl (C=O) groups excluding carboxylic acids is 1. The highest BCUT2D eigenvalue weighted by molar-refractivity contribution is 9.11. The number of ether oxygens (including phenoxy) is 1. The predicted molar refractivity (Wildman–Crippen MR) is 106 cm³/mol. The summed E-state index contributed by atoms with van der Waals surface area (Å²) < 4.78 is 42.8. The summed E-state index contributed by atoms with van der Waals surface area (Å²) >= 11 is 2.56. The van der Waals surface area contributed by atoms with Crippen molar-refractivity contribution >= 4 is 21.9 Å². The van der Waals surface area contributed by atoms with Crippen LogP contribution < -0.4 is 0 Å². The van der Waals surface area contributed by atoms with Gasteiger partial charge in [0.25, 0.3) is 0 Å². The Morgan fingerprint density at radius 2 is 1.75 bits per heavy atom. The Kier molecular flexibility index (Phi) is 5.71. The summed E-state index contributed by atoms with van der Waals surface area (Å²) in [4.78, 5) is 12.4. The highest BCUT2D eigenvalue weighted by Crippen LogP contribution is 2.60. The molecule has 0 unspecified atom stereocenters. The SMILES string of the molecule is CC1(C)[C@H](C=C(Br)C(F)(F)F)[C@@H]1C(=O)OCc1cccc(-c2ccccc2)c1. The van der Waals surface area contributed by atoms with E-state index in [1.165, 1.54) is 0 Å². The number of rotatable bonds is 5. The van der Waals surface area contributed by atoms with E-state index in [1.807, 2.05) is 54.6 Å². The number of esters is 1. The van der Waals surface area contributed by atoms with Crippen molar-refractivity contribution in [1.82, 2.24) is 0 Å². The lowest BCUT2D eigenvalue weighted by Crippen LogP contribution is -2.11. The molecule has 28 heavy (non-hydrogen) atoms. The molecule has 0 aromatic heterocycles. The van der Waals surface area contributed by atoms with Gasteiger partial charge < -0.3 is 4.74 Å². The van der Waals surface area contributed by atoms with Gasteiger partial charge in [0, 0.05) is 0 Å². The minimum atomic E-state index is -4.45. The molecule has 1 fully saturated rings. The molecule has 2 aromatic rings. The van der Waals surface area contributed by atoms with E-state index in [9.17, 15) is 18.0 Å². The molecule has 0 heterocycles. The van der Waals surface area contributed by atoms with Gasteiger partial charge in [-0.3, -0.25) is 4.79 Å². The molecule has 1 aliphatic rings. The Morgan fingerprint density at radius 1 is 1.11 bits per heavy atom. The second-order valence-electron chi connectivity index (χ2n) is 7.51. The predicted octanol–water partition coefficient (Wildman–Crippen LogP) is 6.51. The van der Waals surface area contributed by atoms with Gasteiger partial charge in [-0.2, -0.15) is 13.2 Å². The van der Waals surface area contributed by atoms with Crippen LogP contribution in [0.1, 0.15) is 19.4 Å². The van der Waals surface area contributed by atoms with E-state index in [2.05, 4.69) is 15.9 Å². The summed E-state index contributed by atoms with van der Waals surface area (Å²) in [5, 5.41) is 0. The van der Waals surface area contributed by atoms with Gasteiger partial charge in [0.1, 0.15) is 6.61 Å². The van der Waals surface area contributed by atoms with Crippen LogP contribution in [-0.2, 0) is 16.1 Å². The second kappa shape index (κ2) is 7.74. The Morgan fingerprint density at radius 3 is 2.39 bits per heavy atom. The zero-order valence-corrected chi connectivity index (χ0v) is 17.0. The lowest BCUT2D eigenvalue weighted by molar-refractivity contribution is -0.147. The quantitative estimate of drug-likeness (QED) is 0.483. The maximum Gasteiger partial charge on any atom is 0.422 e. The fraction of sp³-hybridized carbons (Fsp3) is 0.318. The number of benzene rings is 2. The summed E-state index contributed by atoms with van der Waals surface area (Å²) in [6, 6.07) is 17.5. The molecule has 1 saturated carbocycles. The van der Waals surface area contributed by atoms with Gasteiger partial charge >= 0.3 is 12.1 Å². The zero-order chi connectivity index (χ0) is 20.5. The van der Waals surface area contributed by atoms with Crippen LogP contribution in [-0.4, -0.2) is 12.1 Å². The van der Waals surface area contributed by atoms with Crippen molar-refractivity contribution in [2.75, 3.05) is 0 Å². The van der Waals surface area contributed by atoms with Crippen molar-refractivity contribution in [2.24, 2.45) is 17.3 Å². The van der Waals surface area contributed by atoms with Crippen LogP contribution in [0.25, 0.3) is 11.1 Å². The molecule has 0 saturated heterocycles. The summed E-state index contributed by atoms with van der Waals surface area (Å²) in [5.41, 5.74) is 2.33. The van der Waals surface area contributed by atoms with E-state index in [0.29, 0.717) is 0 Å². The molecule has 2 atom stereocenters. The maximum atomic E-state index is 12.7. The molecule has 0 N–H and O–H groups in total. The minimum absolute atomic E-state index is 0.0863. The first kappa shape index (κ1) is 20.6. The fourth-order valence-electron chi connectivity index (χ4n) is 3.41. The molecular formula is C22H20BrF3O2. The van der Waals surface area contributed by atoms with E-state index in [4.69, 9.17) is 4.74 Å². The van der Waals surface area contributed by atoms with Crippen LogP contribution >= 0.6 is 15.9 Å². The molecule has 0 radical (unpaired) electrons. The number of halogens is 4. The largest absolute Gasteiger partial charge is 0.461 e. The molecule has 0 spiro atoms.